The minimum atomic E-state index is -0.511. The van der Waals surface area contributed by atoms with E-state index in [1.165, 1.54) is 4.57 Å². The highest BCUT2D eigenvalue weighted by Crippen LogP contribution is 2.30. The van der Waals surface area contributed by atoms with E-state index in [1.807, 2.05) is 0 Å². The molecule has 2 aromatic rings. The number of Topliss-reactive ketones (excluding diaryl/α,β-unsaturated/α-hetero) is 1. The molecule has 1 fully saturated rings. The molecule has 5 heteroatoms. The number of aromatic nitrogens is 2. The van der Waals surface area contributed by atoms with Crippen molar-refractivity contribution in [1.82, 2.24) is 9.55 Å². The van der Waals surface area contributed by atoms with Crippen LogP contribution >= 0.6 is 0 Å². The number of nitrogens with zero attached hydrogens (tertiary/aromatic N) is 2. The molecule has 0 unspecified atom stereocenters. The van der Waals surface area contributed by atoms with E-state index in [9.17, 15) is 9.59 Å². The second kappa shape index (κ2) is 3.30. The fourth-order valence-corrected chi connectivity index (χ4v) is 1.73. The molecule has 3 rings (SSSR count). The number of ketones is 1. The molecule has 16 heavy (non-hydrogen) atoms. The van der Waals surface area contributed by atoms with Crippen LogP contribution in [0, 0.1) is 5.92 Å². The third-order valence-corrected chi connectivity index (χ3v) is 2.77. The van der Waals surface area contributed by atoms with Crippen LogP contribution in [0.5, 0.6) is 0 Å². The summed E-state index contributed by atoms with van der Waals surface area (Å²) in [5.74, 6) is -0.279. The van der Waals surface area contributed by atoms with Gasteiger partial charge < -0.3 is 4.42 Å². The molecule has 0 N–H and O–H groups in total. The lowest BCUT2D eigenvalue weighted by Crippen LogP contribution is -2.21. The molecule has 0 spiro atoms. The van der Waals surface area contributed by atoms with E-state index in [4.69, 9.17) is 4.42 Å². The van der Waals surface area contributed by atoms with Crippen LogP contribution in [0.4, 0.5) is 0 Å². The Morgan fingerprint density at radius 1 is 1.56 bits per heavy atom. The monoisotopic (exact) mass is 218 g/mol. The largest absolute Gasteiger partial charge is 0.421 e. The summed E-state index contributed by atoms with van der Waals surface area (Å²) in [6.45, 7) is 0.0769. The maximum atomic E-state index is 11.6. The van der Waals surface area contributed by atoms with Crippen molar-refractivity contribution in [1.29, 1.82) is 0 Å². The summed E-state index contributed by atoms with van der Waals surface area (Å²) in [6, 6.07) is 3.36. The van der Waals surface area contributed by atoms with Crippen LogP contribution in [0.15, 0.2) is 27.5 Å². The summed E-state index contributed by atoms with van der Waals surface area (Å²) >= 11 is 0. The summed E-state index contributed by atoms with van der Waals surface area (Å²) in [5.41, 5.74) is 0.873. The standard InChI is InChI=1S/C11H10N2O3/c14-8(7-3-4-7)6-13-10-9(16-11(13)15)2-1-5-12-10/h1-2,5,7H,3-4,6H2. The van der Waals surface area contributed by atoms with Crippen molar-refractivity contribution in [2.45, 2.75) is 19.4 Å². The van der Waals surface area contributed by atoms with Crippen LogP contribution in [0.2, 0.25) is 0 Å². The molecule has 82 valence electrons. The third kappa shape index (κ3) is 1.44. The number of rotatable bonds is 3. The molecular formula is C11H10N2O3. The number of hydrogen-bond acceptors (Lipinski definition) is 4. The Labute approximate surface area is 90.7 Å². The second-order valence-corrected chi connectivity index (χ2v) is 4.02. The van der Waals surface area contributed by atoms with Gasteiger partial charge in [0.15, 0.2) is 17.0 Å². The van der Waals surface area contributed by atoms with Gasteiger partial charge in [-0.25, -0.2) is 9.78 Å². The Morgan fingerprint density at radius 3 is 3.12 bits per heavy atom. The molecule has 0 radical (unpaired) electrons. The smallest absolute Gasteiger partial charge is 0.406 e. The molecule has 0 amide bonds. The van der Waals surface area contributed by atoms with Gasteiger partial charge in [0.05, 0.1) is 6.54 Å². The molecular weight excluding hydrogens is 208 g/mol. The van der Waals surface area contributed by atoms with Gasteiger partial charge in [-0.2, -0.15) is 0 Å². The molecule has 0 atom stereocenters. The van der Waals surface area contributed by atoms with Gasteiger partial charge in [-0.05, 0) is 25.0 Å². The van der Waals surface area contributed by atoms with Crippen molar-refractivity contribution < 1.29 is 9.21 Å². The highest BCUT2D eigenvalue weighted by atomic mass is 16.4. The predicted octanol–water partition coefficient (Wildman–Crippen LogP) is 0.969. The number of oxazole rings is 1. The van der Waals surface area contributed by atoms with Gasteiger partial charge in [0.1, 0.15) is 0 Å². The predicted molar refractivity (Wildman–Crippen MR) is 56.0 cm³/mol. The van der Waals surface area contributed by atoms with Crippen molar-refractivity contribution in [3.05, 3.63) is 28.9 Å². The summed E-state index contributed by atoms with van der Waals surface area (Å²) in [7, 11) is 0. The van der Waals surface area contributed by atoms with Crippen LogP contribution in [-0.2, 0) is 11.3 Å². The van der Waals surface area contributed by atoms with E-state index in [2.05, 4.69) is 4.98 Å². The van der Waals surface area contributed by atoms with Gasteiger partial charge in [0.2, 0.25) is 0 Å². The lowest BCUT2D eigenvalue weighted by molar-refractivity contribution is -0.120. The van der Waals surface area contributed by atoms with Gasteiger partial charge in [-0.1, -0.05) is 0 Å². The highest BCUT2D eigenvalue weighted by molar-refractivity contribution is 5.84. The zero-order valence-corrected chi connectivity index (χ0v) is 8.55. The third-order valence-electron chi connectivity index (χ3n) is 2.77. The molecule has 0 aromatic carbocycles. The maximum Gasteiger partial charge on any atom is 0.421 e. The Hall–Kier alpha value is -1.91. The van der Waals surface area contributed by atoms with Crippen LogP contribution < -0.4 is 5.76 Å². The Kier molecular flexibility index (Phi) is 1.92. The van der Waals surface area contributed by atoms with E-state index in [0.29, 0.717) is 11.2 Å². The van der Waals surface area contributed by atoms with Crippen LogP contribution in [-0.4, -0.2) is 15.3 Å². The van der Waals surface area contributed by atoms with Crippen LogP contribution in [0.25, 0.3) is 11.2 Å². The molecule has 5 nitrogen and oxygen atoms in total. The number of carbonyl (C=O) groups excluding carboxylic acids is 1. The average Bonchev–Trinajstić information content (AvgIpc) is 3.06. The molecule has 0 bridgehead atoms. The lowest BCUT2D eigenvalue weighted by Gasteiger charge is -1.98. The normalized spacial score (nSPS) is 15.5. The first kappa shape index (κ1) is 9.33. The molecule has 2 aromatic heterocycles. The molecule has 1 aliphatic carbocycles. The van der Waals surface area contributed by atoms with E-state index in [-0.39, 0.29) is 18.2 Å². The number of pyridine rings is 1. The van der Waals surface area contributed by atoms with Gasteiger partial charge in [-0.15, -0.1) is 0 Å². The zero-order chi connectivity index (χ0) is 11.1. The first-order chi connectivity index (χ1) is 7.75. The van der Waals surface area contributed by atoms with E-state index >= 15 is 0 Å². The summed E-state index contributed by atoms with van der Waals surface area (Å²) in [4.78, 5) is 27.2. The van der Waals surface area contributed by atoms with Crippen molar-refractivity contribution in [3.8, 4) is 0 Å². The summed E-state index contributed by atoms with van der Waals surface area (Å²) in [5, 5.41) is 0. The zero-order valence-electron chi connectivity index (χ0n) is 8.55. The first-order valence-corrected chi connectivity index (χ1v) is 5.23. The van der Waals surface area contributed by atoms with Gasteiger partial charge in [0.25, 0.3) is 0 Å². The van der Waals surface area contributed by atoms with E-state index < -0.39 is 5.76 Å². The molecule has 1 aliphatic rings. The van der Waals surface area contributed by atoms with Crippen molar-refractivity contribution >= 4 is 17.0 Å². The second-order valence-electron chi connectivity index (χ2n) is 4.02. The van der Waals surface area contributed by atoms with E-state index in [1.54, 1.807) is 18.3 Å². The fraction of sp³-hybridized carbons (Fsp3) is 0.364. The highest BCUT2D eigenvalue weighted by Gasteiger charge is 2.30. The molecule has 1 saturated carbocycles. The minimum Gasteiger partial charge on any atom is -0.406 e. The Bertz CT molecular complexity index is 607. The molecule has 0 aliphatic heterocycles. The van der Waals surface area contributed by atoms with Crippen molar-refractivity contribution in [3.63, 3.8) is 0 Å². The van der Waals surface area contributed by atoms with Gasteiger partial charge >= 0.3 is 5.76 Å². The van der Waals surface area contributed by atoms with Gasteiger partial charge in [-0.3, -0.25) is 9.36 Å². The van der Waals surface area contributed by atoms with Crippen molar-refractivity contribution in [2.24, 2.45) is 5.92 Å². The van der Waals surface area contributed by atoms with Crippen LogP contribution in [0.1, 0.15) is 12.8 Å². The number of carbonyl (C=O) groups is 1. The number of fused-ring (bicyclic) bond motifs is 1. The summed E-state index contributed by atoms with van der Waals surface area (Å²) in [6.07, 6.45) is 3.46. The van der Waals surface area contributed by atoms with Crippen LogP contribution in [0.3, 0.4) is 0 Å². The fourth-order valence-electron chi connectivity index (χ4n) is 1.73. The maximum absolute atomic E-state index is 11.6. The number of hydrogen-bond donors (Lipinski definition) is 0. The quantitative estimate of drug-likeness (QED) is 0.769. The first-order valence-electron chi connectivity index (χ1n) is 5.23. The Balaban J connectivity index is 2.04. The summed E-state index contributed by atoms with van der Waals surface area (Å²) < 4.78 is 6.29. The average molecular weight is 218 g/mol. The topological polar surface area (TPSA) is 65.1 Å². The van der Waals surface area contributed by atoms with Gasteiger partial charge in [0, 0.05) is 12.1 Å². The minimum absolute atomic E-state index is 0.0769. The Morgan fingerprint density at radius 2 is 2.38 bits per heavy atom. The van der Waals surface area contributed by atoms with Crippen molar-refractivity contribution in [2.75, 3.05) is 0 Å². The van der Waals surface area contributed by atoms with E-state index in [0.717, 1.165) is 12.8 Å². The molecule has 0 saturated heterocycles. The lowest BCUT2D eigenvalue weighted by atomic mass is 10.2. The molecule has 2 heterocycles. The SMILES string of the molecule is O=C(Cn1c(=O)oc2cccnc21)C1CC1.